The highest BCUT2D eigenvalue weighted by molar-refractivity contribution is 7.17. The summed E-state index contributed by atoms with van der Waals surface area (Å²) in [6.45, 7) is 11.0. The van der Waals surface area contributed by atoms with Crippen LogP contribution in [0.4, 0.5) is 0 Å². The lowest BCUT2D eigenvalue weighted by atomic mass is 9.84. The Kier molecular flexibility index (Phi) is 9.41. The minimum Gasteiger partial charge on any atom is -0.491 e. The third kappa shape index (κ3) is 7.22. The number of hydrogen-bond acceptors (Lipinski definition) is 6. The van der Waals surface area contributed by atoms with E-state index >= 15 is 0 Å². The Morgan fingerprint density at radius 3 is 2.49 bits per heavy atom. The van der Waals surface area contributed by atoms with E-state index in [2.05, 4.69) is 54.5 Å². The van der Waals surface area contributed by atoms with Crippen LogP contribution in [0.2, 0.25) is 0 Å². The molecule has 1 saturated heterocycles. The second kappa shape index (κ2) is 13.2. The average Bonchev–Trinajstić information content (AvgIpc) is 3.57. The van der Waals surface area contributed by atoms with Gasteiger partial charge in [0, 0.05) is 15.6 Å². The molecule has 0 aliphatic carbocycles. The van der Waals surface area contributed by atoms with Crippen LogP contribution in [0.1, 0.15) is 56.7 Å². The number of benzene rings is 3. The van der Waals surface area contributed by atoms with Crippen molar-refractivity contribution in [2.75, 3.05) is 13.2 Å². The maximum absolute atomic E-state index is 11.8. The molecule has 224 valence electrons. The van der Waals surface area contributed by atoms with Crippen LogP contribution in [-0.2, 0) is 20.9 Å². The zero-order chi connectivity index (χ0) is 30.6. The van der Waals surface area contributed by atoms with E-state index in [1.54, 1.807) is 18.3 Å². The molecule has 6 nitrogen and oxygen atoms in total. The normalized spacial score (nSPS) is 17.2. The molecule has 1 N–H and O–H groups in total. The van der Waals surface area contributed by atoms with Crippen molar-refractivity contribution in [3.63, 3.8) is 0 Å². The third-order valence-corrected chi connectivity index (χ3v) is 8.70. The van der Waals surface area contributed by atoms with Gasteiger partial charge in [0.2, 0.25) is 0 Å². The second-order valence-electron chi connectivity index (χ2n) is 11.3. The molecule has 1 fully saturated rings. The van der Waals surface area contributed by atoms with Crippen molar-refractivity contribution in [2.24, 2.45) is 5.92 Å². The summed E-state index contributed by atoms with van der Waals surface area (Å²) >= 11 is 1.73. The number of hydrogen-bond donors (Lipinski definition) is 1. The molecule has 0 spiro atoms. The molecule has 4 aromatic rings. The summed E-state index contributed by atoms with van der Waals surface area (Å²) < 4.78 is 24.9. The van der Waals surface area contributed by atoms with E-state index in [9.17, 15) is 9.90 Å². The van der Waals surface area contributed by atoms with Gasteiger partial charge >= 0.3 is 5.97 Å². The zero-order valence-corrected chi connectivity index (χ0v) is 26.1. The van der Waals surface area contributed by atoms with Crippen molar-refractivity contribution in [3.05, 3.63) is 82.7 Å². The van der Waals surface area contributed by atoms with E-state index in [0.29, 0.717) is 26.2 Å². The van der Waals surface area contributed by atoms with Gasteiger partial charge in [0.15, 0.2) is 5.79 Å². The summed E-state index contributed by atoms with van der Waals surface area (Å²) in [6.07, 6.45) is 0.439. The van der Waals surface area contributed by atoms with Crippen molar-refractivity contribution >= 4 is 27.4 Å². The third-order valence-electron chi connectivity index (χ3n) is 7.73. The van der Waals surface area contributed by atoms with Crippen LogP contribution in [0, 0.1) is 24.7 Å². The summed E-state index contributed by atoms with van der Waals surface area (Å²) in [6, 6.07) is 20.3. The minimum absolute atomic E-state index is 0.0768. The van der Waals surface area contributed by atoms with E-state index in [1.165, 1.54) is 21.2 Å². The maximum atomic E-state index is 11.8. The molecule has 5 rings (SSSR count). The zero-order valence-electron chi connectivity index (χ0n) is 25.3. The fourth-order valence-corrected chi connectivity index (χ4v) is 6.44. The highest BCUT2D eigenvalue weighted by atomic mass is 32.1. The molecule has 0 amide bonds. The monoisotopic (exact) mass is 598 g/mol. The lowest BCUT2D eigenvalue weighted by molar-refractivity contribution is -0.142. The molecule has 2 heterocycles. The number of ether oxygens (including phenoxy) is 4. The fraction of sp³-hybridized carbons (Fsp3) is 0.361. The van der Waals surface area contributed by atoms with Crippen molar-refractivity contribution in [1.29, 1.82) is 0 Å². The molecule has 7 heteroatoms. The van der Waals surface area contributed by atoms with Gasteiger partial charge in [-0.05, 0) is 98.1 Å². The van der Waals surface area contributed by atoms with Gasteiger partial charge < -0.3 is 24.1 Å². The van der Waals surface area contributed by atoms with Crippen molar-refractivity contribution < 1.29 is 28.8 Å². The molecule has 1 aliphatic rings. The Bertz CT molecular complexity index is 1640. The Morgan fingerprint density at radius 1 is 1.07 bits per heavy atom. The Morgan fingerprint density at radius 2 is 1.84 bits per heavy atom. The smallest absolute Gasteiger partial charge is 0.308 e. The number of aliphatic carboxylic acids is 1. The van der Waals surface area contributed by atoms with E-state index in [4.69, 9.17) is 18.9 Å². The average molecular weight is 599 g/mol. The van der Waals surface area contributed by atoms with E-state index in [0.717, 1.165) is 28.2 Å². The standard InChI is InChI=1S/C36H38O6S/c1-6-8-31(29(7-2)35(37)38)25-10-12-26(13-11-25)39-19-24-9-16-34-32(18-24)33(22-43-34)30-15-14-27(17-23(30)3)40-20-28-21-41-36(4,5)42-28/h9-18,22,28-29,31H,7,19-21H2,1-5H3,(H,37,38)/t28?,29?,31-/m1/s1. The van der Waals surface area contributed by atoms with Gasteiger partial charge in [0.25, 0.3) is 0 Å². The van der Waals surface area contributed by atoms with Gasteiger partial charge in [0.05, 0.1) is 18.4 Å². The molecular formula is C36H38O6S. The van der Waals surface area contributed by atoms with Crippen LogP contribution >= 0.6 is 11.3 Å². The molecule has 1 aliphatic heterocycles. The van der Waals surface area contributed by atoms with E-state index in [-0.39, 0.29) is 12.0 Å². The van der Waals surface area contributed by atoms with Crippen LogP contribution < -0.4 is 9.47 Å². The molecule has 0 radical (unpaired) electrons. The predicted molar refractivity (Wildman–Crippen MR) is 171 cm³/mol. The first-order valence-corrected chi connectivity index (χ1v) is 15.5. The number of carboxylic acids is 1. The molecule has 1 aromatic heterocycles. The van der Waals surface area contributed by atoms with E-state index < -0.39 is 17.7 Å². The lowest BCUT2D eigenvalue weighted by Crippen LogP contribution is -2.25. The van der Waals surface area contributed by atoms with Gasteiger partial charge in [0.1, 0.15) is 30.8 Å². The number of rotatable bonds is 11. The SMILES string of the molecule is CC#C[C@H](c1ccc(OCc2ccc3scc(-c4ccc(OCC5COC(C)(C)O5)cc4C)c3c2)cc1)C(CC)C(=O)O. The van der Waals surface area contributed by atoms with E-state index in [1.807, 2.05) is 51.1 Å². The minimum atomic E-state index is -0.826. The lowest BCUT2D eigenvalue weighted by Gasteiger charge is -2.18. The molecular weight excluding hydrogens is 560 g/mol. The van der Waals surface area contributed by atoms with Gasteiger partial charge in [-0.3, -0.25) is 4.79 Å². The van der Waals surface area contributed by atoms with Gasteiger partial charge in [-0.15, -0.1) is 17.3 Å². The molecule has 0 bridgehead atoms. The quantitative estimate of drug-likeness (QED) is 0.175. The Labute approximate surface area is 257 Å². The molecule has 43 heavy (non-hydrogen) atoms. The number of carboxylic acid groups (broad SMARTS) is 1. The van der Waals surface area contributed by atoms with Gasteiger partial charge in [-0.25, -0.2) is 0 Å². The molecule has 2 unspecified atom stereocenters. The summed E-state index contributed by atoms with van der Waals surface area (Å²) in [5.74, 6) is 5.23. The first-order chi connectivity index (χ1) is 20.7. The molecule has 3 atom stereocenters. The van der Waals surface area contributed by atoms with Crippen LogP contribution in [0.5, 0.6) is 11.5 Å². The molecule has 3 aromatic carbocycles. The predicted octanol–water partition coefficient (Wildman–Crippen LogP) is 8.20. The topological polar surface area (TPSA) is 74.2 Å². The second-order valence-corrected chi connectivity index (χ2v) is 12.2. The molecule has 0 saturated carbocycles. The number of thiophene rings is 1. The van der Waals surface area contributed by atoms with Gasteiger partial charge in [-0.2, -0.15) is 0 Å². The summed E-state index contributed by atoms with van der Waals surface area (Å²) in [5.41, 5.74) is 5.46. The largest absolute Gasteiger partial charge is 0.491 e. The van der Waals surface area contributed by atoms with Crippen molar-refractivity contribution in [3.8, 4) is 34.5 Å². The maximum Gasteiger partial charge on any atom is 0.308 e. The summed E-state index contributed by atoms with van der Waals surface area (Å²) in [4.78, 5) is 11.8. The first kappa shape index (κ1) is 30.6. The highest BCUT2D eigenvalue weighted by Crippen LogP contribution is 2.37. The van der Waals surface area contributed by atoms with Crippen LogP contribution in [0.25, 0.3) is 21.2 Å². The van der Waals surface area contributed by atoms with Crippen LogP contribution in [0.15, 0.2) is 66.0 Å². The van der Waals surface area contributed by atoms with Crippen LogP contribution in [0.3, 0.4) is 0 Å². The highest BCUT2D eigenvalue weighted by Gasteiger charge is 2.33. The van der Waals surface area contributed by atoms with Crippen molar-refractivity contribution in [2.45, 2.75) is 65.5 Å². The Balaban J connectivity index is 1.26. The van der Waals surface area contributed by atoms with Crippen molar-refractivity contribution in [1.82, 2.24) is 0 Å². The van der Waals surface area contributed by atoms with Gasteiger partial charge in [-0.1, -0.05) is 37.1 Å². The number of fused-ring (bicyclic) bond motifs is 1. The number of aryl methyl sites for hydroxylation is 1. The summed E-state index contributed by atoms with van der Waals surface area (Å²) in [7, 11) is 0. The number of carbonyl (C=O) groups is 1. The fourth-order valence-electron chi connectivity index (χ4n) is 5.50. The summed E-state index contributed by atoms with van der Waals surface area (Å²) in [5, 5.41) is 13.0. The van der Waals surface area contributed by atoms with Crippen LogP contribution in [-0.4, -0.2) is 36.2 Å². The first-order valence-electron chi connectivity index (χ1n) is 14.6. The Hall–Kier alpha value is -3.83.